The number of nitro groups is 1. The van der Waals surface area contributed by atoms with Gasteiger partial charge in [-0.3, -0.25) is 30.4 Å². The van der Waals surface area contributed by atoms with Gasteiger partial charge in [0.25, 0.3) is 5.69 Å². The fourth-order valence-electron chi connectivity index (χ4n) is 2.34. The van der Waals surface area contributed by atoms with Crippen molar-refractivity contribution in [2.24, 2.45) is 11.8 Å². The Morgan fingerprint density at radius 1 is 1.38 bits per heavy atom. The van der Waals surface area contributed by atoms with Crippen molar-refractivity contribution in [1.82, 2.24) is 4.90 Å². The van der Waals surface area contributed by atoms with Crippen molar-refractivity contribution in [2.45, 2.75) is 26.3 Å². The lowest BCUT2D eigenvalue weighted by molar-refractivity contribution is -0.384. The first kappa shape index (κ1) is 14.9. The number of nitrogen functional groups attached to an aromatic ring is 1. The predicted octanol–water partition coefficient (Wildman–Crippen LogP) is 1.17. The van der Waals surface area contributed by atoms with E-state index in [1.54, 1.807) is 0 Å². The number of carbonyl (C=O) groups excluding carboxylic acids is 2. The van der Waals surface area contributed by atoms with Crippen molar-refractivity contribution in [3.8, 4) is 0 Å². The van der Waals surface area contributed by atoms with Crippen LogP contribution in [0, 0.1) is 16.0 Å². The van der Waals surface area contributed by atoms with Gasteiger partial charge in [-0.05, 0) is 17.5 Å². The maximum Gasteiger partial charge on any atom is 0.293 e. The van der Waals surface area contributed by atoms with E-state index in [1.165, 1.54) is 23.1 Å². The monoisotopic (exact) mass is 292 g/mol. The highest BCUT2D eigenvalue weighted by molar-refractivity contribution is 5.97. The molecule has 1 aliphatic heterocycles. The number of benzene rings is 1. The number of nitrogens with one attached hydrogen (secondary N) is 1. The van der Waals surface area contributed by atoms with Gasteiger partial charge in [-0.15, -0.1) is 0 Å². The molecule has 1 aromatic rings. The van der Waals surface area contributed by atoms with E-state index in [2.05, 4.69) is 5.43 Å². The Morgan fingerprint density at radius 2 is 2.00 bits per heavy atom. The summed E-state index contributed by atoms with van der Waals surface area (Å²) in [5.74, 6) is 4.87. The van der Waals surface area contributed by atoms with E-state index in [1.807, 2.05) is 6.92 Å². The molecule has 0 aliphatic carbocycles. The third kappa shape index (κ3) is 3.16. The Kier molecular flexibility index (Phi) is 4.18. The average Bonchev–Trinajstić information content (AvgIpc) is 2.42. The average molecular weight is 292 g/mol. The van der Waals surface area contributed by atoms with Crippen molar-refractivity contribution >= 4 is 23.2 Å². The predicted molar refractivity (Wildman–Crippen MR) is 74.9 cm³/mol. The molecule has 1 saturated heterocycles. The van der Waals surface area contributed by atoms with Crippen LogP contribution in [-0.4, -0.2) is 21.6 Å². The first-order chi connectivity index (χ1) is 9.92. The van der Waals surface area contributed by atoms with Crippen LogP contribution < -0.4 is 11.3 Å². The largest absolute Gasteiger partial charge is 0.318 e. The molecule has 2 rings (SSSR count). The normalized spacial score (nSPS) is 16.2. The number of piperidine rings is 1. The maximum absolute atomic E-state index is 11.9. The highest BCUT2D eigenvalue weighted by Crippen LogP contribution is 2.26. The fourth-order valence-corrected chi connectivity index (χ4v) is 2.34. The van der Waals surface area contributed by atoms with E-state index in [-0.39, 0.29) is 35.7 Å². The molecule has 8 nitrogen and oxygen atoms in total. The van der Waals surface area contributed by atoms with Crippen LogP contribution in [0.3, 0.4) is 0 Å². The Labute approximate surface area is 121 Å². The summed E-state index contributed by atoms with van der Waals surface area (Å²) in [6.07, 6.45) is 0.668. The summed E-state index contributed by atoms with van der Waals surface area (Å²) in [6.45, 7) is 1.95. The first-order valence-electron chi connectivity index (χ1n) is 6.49. The number of hydrazine groups is 1. The molecule has 1 aromatic carbocycles. The number of rotatable bonds is 4. The molecule has 112 valence electrons. The smallest absolute Gasteiger partial charge is 0.293 e. The van der Waals surface area contributed by atoms with Gasteiger partial charge in [0.2, 0.25) is 11.8 Å². The van der Waals surface area contributed by atoms with E-state index in [0.717, 1.165) is 0 Å². The van der Waals surface area contributed by atoms with Crippen LogP contribution in [0.15, 0.2) is 18.2 Å². The van der Waals surface area contributed by atoms with Crippen LogP contribution in [0.4, 0.5) is 11.4 Å². The molecule has 1 aliphatic rings. The number of nitrogens with two attached hydrogens (primary N) is 1. The van der Waals surface area contributed by atoms with E-state index in [4.69, 9.17) is 5.84 Å². The molecule has 0 atom stereocenters. The van der Waals surface area contributed by atoms with Crippen molar-refractivity contribution in [3.05, 3.63) is 33.9 Å². The molecule has 1 fully saturated rings. The third-order valence-corrected chi connectivity index (χ3v) is 3.40. The summed E-state index contributed by atoms with van der Waals surface area (Å²) in [5.41, 5.74) is 2.84. The minimum atomic E-state index is -0.558. The van der Waals surface area contributed by atoms with Crippen molar-refractivity contribution in [3.63, 3.8) is 0 Å². The zero-order chi connectivity index (χ0) is 15.6. The summed E-state index contributed by atoms with van der Waals surface area (Å²) in [7, 11) is 0. The van der Waals surface area contributed by atoms with Crippen LogP contribution in [0.1, 0.15) is 25.3 Å². The SMILES string of the molecule is CC1CC(=O)N(Cc2ccc([N+](=O)[O-])c(NN)c2)C(=O)C1. The highest BCUT2D eigenvalue weighted by Gasteiger charge is 2.30. The van der Waals surface area contributed by atoms with Crippen LogP contribution in [0.2, 0.25) is 0 Å². The zero-order valence-electron chi connectivity index (χ0n) is 11.5. The Balaban J connectivity index is 2.22. The lowest BCUT2D eigenvalue weighted by Crippen LogP contribution is -2.42. The minimum absolute atomic E-state index is 0.0550. The van der Waals surface area contributed by atoms with E-state index < -0.39 is 4.92 Å². The number of anilines is 1. The van der Waals surface area contributed by atoms with Gasteiger partial charge in [0.1, 0.15) is 5.69 Å². The number of nitrogens with zero attached hydrogens (tertiary/aromatic N) is 2. The molecule has 0 spiro atoms. The van der Waals surface area contributed by atoms with Gasteiger partial charge in [0.05, 0.1) is 11.5 Å². The quantitative estimate of drug-likeness (QED) is 0.372. The van der Waals surface area contributed by atoms with E-state index in [9.17, 15) is 19.7 Å². The van der Waals surface area contributed by atoms with Crippen LogP contribution in [-0.2, 0) is 16.1 Å². The number of hydrogen-bond donors (Lipinski definition) is 2. The van der Waals surface area contributed by atoms with Crippen molar-refractivity contribution < 1.29 is 14.5 Å². The molecule has 0 bridgehead atoms. The van der Waals surface area contributed by atoms with Crippen LogP contribution >= 0.6 is 0 Å². The van der Waals surface area contributed by atoms with Crippen LogP contribution in [0.25, 0.3) is 0 Å². The molecule has 0 saturated carbocycles. The minimum Gasteiger partial charge on any atom is -0.318 e. The van der Waals surface area contributed by atoms with Gasteiger partial charge >= 0.3 is 0 Å². The summed E-state index contributed by atoms with van der Waals surface area (Å²) in [6, 6.07) is 4.28. The van der Waals surface area contributed by atoms with Gasteiger partial charge in [0, 0.05) is 18.9 Å². The number of hydrogen-bond acceptors (Lipinski definition) is 6. The second-order valence-electron chi connectivity index (χ2n) is 5.14. The lowest BCUT2D eigenvalue weighted by atomic mass is 9.97. The molecule has 21 heavy (non-hydrogen) atoms. The van der Waals surface area contributed by atoms with Crippen molar-refractivity contribution in [2.75, 3.05) is 5.43 Å². The molecule has 2 amide bonds. The molecule has 3 N–H and O–H groups in total. The van der Waals surface area contributed by atoms with Crippen molar-refractivity contribution in [1.29, 1.82) is 0 Å². The number of carbonyl (C=O) groups is 2. The first-order valence-corrected chi connectivity index (χ1v) is 6.49. The molecule has 0 unspecified atom stereocenters. The second kappa shape index (κ2) is 5.88. The van der Waals surface area contributed by atoms with Gasteiger partial charge in [-0.1, -0.05) is 13.0 Å². The lowest BCUT2D eigenvalue weighted by Gasteiger charge is -2.28. The standard InChI is InChI=1S/C13H16N4O4/c1-8-4-12(18)16(13(19)5-8)7-9-2-3-11(17(20)21)10(6-9)15-14/h2-3,6,8,15H,4-5,7,14H2,1H3. The highest BCUT2D eigenvalue weighted by atomic mass is 16.6. The van der Waals surface area contributed by atoms with Crippen LogP contribution in [0.5, 0.6) is 0 Å². The topological polar surface area (TPSA) is 119 Å². The molecule has 1 heterocycles. The molecular weight excluding hydrogens is 276 g/mol. The number of nitro benzene ring substituents is 1. The van der Waals surface area contributed by atoms with Gasteiger partial charge in [-0.2, -0.15) is 0 Å². The number of imide groups is 1. The molecule has 0 aromatic heterocycles. The Morgan fingerprint density at radius 3 is 2.52 bits per heavy atom. The third-order valence-electron chi connectivity index (χ3n) is 3.40. The Hall–Kier alpha value is -2.48. The summed E-state index contributed by atoms with van der Waals surface area (Å²) in [5, 5.41) is 10.8. The zero-order valence-corrected chi connectivity index (χ0v) is 11.5. The van der Waals surface area contributed by atoms with Gasteiger partial charge in [0.15, 0.2) is 0 Å². The second-order valence-corrected chi connectivity index (χ2v) is 5.14. The van der Waals surface area contributed by atoms with E-state index >= 15 is 0 Å². The summed E-state index contributed by atoms with van der Waals surface area (Å²) in [4.78, 5) is 35.2. The van der Waals surface area contributed by atoms with Gasteiger partial charge < -0.3 is 5.43 Å². The van der Waals surface area contributed by atoms with Gasteiger partial charge in [-0.25, -0.2) is 0 Å². The summed E-state index contributed by atoms with van der Waals surface area (Å²) >= 11 is 0. The molecule has 8 heteroatoms. The summed E-state index contributed by atoms with van der Waals surface area (Å²) < 4.78 is 0. The molecular formula is C13H16N4O4. The Bertz CT molecular complexity index is 584. The number of likely N-dealkylation sites (tertiary alicyclic amines) is 1. The maximum atomic E-state index is 11.9. The fraction of sp³-hybridized carbons (Fsp3) is 0.385. The number of amides is 2. The van der Waals surface area contributed by atoms with E-state index in [0.29, 0.717) is 18.4 Å². The molecule has 0 radical (unpaired) electrons.